The molecule has 1 aliphatic rings. The summed E-state index contributed by atoms with van der Waals surface area (Å²) in [4.78, 5) is 38.4. The summed E-state index contributed by atoms with van der Waals surface area (Å²) in [5.41, 5.74) is 1.16. The Labute approximate surface area is 153 Å². The SMILES string of the molecule is Cc1nc(-c2ncc(C(=O)N(Cc3cnn(C)c3)C3CC3)c(=O)[nH]2)cs1. The number of amides is 1. The number of nitrogens with zero attached hydrogens (tertiary/aromatic N) is 5. The minimum Gasteiger partial charge on any atom is -0.331 e. The third kappa shape index (κ3) is 3.30. The highest BCUT2D eigenvalue weighted by Gasteiger charge is 2.34. The Morgan fingerprint density at radius 3 is 2.81 bits per heavy atom. The predicted molar refractivity (Wildman–Crippen MR) is 96.8 cm³/mol. The zero-order chi connectivity index (χ0) is 18.3. The Kier molecular flexibility index (Phi) is 4.15. The molecule has 26 heavy (non-hydrogen) atoms. The number of aromatic amines is 1. The lowest BCUT2D eigenvalue weighted by molar-refractivity contribution is 0.0727. The van der Waals surface area contributed by atoms with Crippen LogP contribution in [0.15, 0.2) is 28.8 Å². The topological polar surface area (TPSA) is 96.8 Å². The summed E-state index contributed by atoms with van der Waals surface area (Å²) < 4.78 is 1.70. The van der Waals surface area contributed by atoms with Crippen LogP contribution in [-0.4, -0.2) is 41.6 Å². The molecule has 1 N–H and O–H groups in total. The second kappa shape index (κ2) is 6.49. The summed E-state index contributed by atoms with van der Waals surface area (Å²) in [6.07, 6.45) is 6.86. The molecule has 1 fully saturated rings. The van der Waals surface area contributed by atoms with Gasteiger partial charge in [-0.05, 0) is 19.8 Å². The van der Waals surface area contributed by atoms with Gasteiger partial charge in [-0.3, -0.25) is 14.3 Å². The molecule has 0 atom stereocenters. The molecule has 0 radical (unpaired) electrons. The maximum absolute atomic E-state index is 12.9. The van der Waals surface area contributed by atoms with E-state index in [4.69, 9.17) is 0 Å². The number of aromatic nitrogens is 5. The molecule has 8 nitrogen and oxygen atoms in total. The van der Waals surface area contributed by atoms with Gasteiger partial charge in [-0.15, -0.1) is 11.3 Å². The lowest BCUT2D eigenvalue weighted by atomic mass is 10.2. The predicted octanol–water partition coefficient (Wildman–Crippen LogP) is 1.74. The Hall–Kier alpha value is -2.81. The Balaban J connectivity index is 1.60. The molecule has 3 heterocycles. The quantitative estimate of drug-likeness (QED) is 0.738. The number of aryl methyl sites for hydroxylation is 2. The van der Waals surface area contributed by atoms with Gasteiger partial charge < -0.3 is 9.88 Å². The first-order valence-electron chi connectivity index (χ1n) is 8.31. The number of rotatable bonds is 5. The minimum absolute atomic E-state index is 0.0523. The molecule has 0 saturated heterocycles. The average Bonchev–Trinajstić information content (AvgIpc) is 3.23. The van der Waals surface area contributed by atoms with E-state index in [1.807, 2.05) is 25.5 Å². The van der Waals surface area contributed by atoms with E-state index in [1.165, 1.54) is 17.5 Å². The molecule has 0 bridgehead atoms. The summed E-state index contributed by atoms with van der Waals surface area (Å²) in [5, 5.41) is 6.85. The molecular formula is C17H18N6O2S. The first kappa shape index (κ1) is 16.6. The van der Waals surface area contributed by atoms with Crippen molar-refractivity contribution in [3.05, 3.63) is 50.5 Å². The van der Waals surface area contributed by atoms with E-state index < -0.39 is 5.56 Å². The fraction of sp³-hybridized carbons (Fsp3) is 0.353. The maximum Gasteiger partial charge on any atom is 0.264 e. The van der Waals surface area contributed by atoms with E-state index >= 15 is 0 Å². The van der Waals surface area contributed by atoms with Crippen LogP contribution in [0.3, 0.4) is 0 Å². The second-order valence-electron chi connectivity index (χ2n) is 6.41. The van der Waals surface area contributed by atoms with E-state index in [-0.39, 0.29) is 17.5 Å². The largest absolute Gasteiger partial charge is 0.331 e. The van der Waals surface area contributed by atoms with Crippen molar-refractivity contribution in [1.82, 2.24) is 29.6 Å². The minimum atomic E-state index is -0.442. The zero-order valence-corrected chi connectivity index (χ0v) is 15.3. The summed E-state index contributed by atoms with van der Waals surface area (Å²) in [6.45, 7) is 2.32. The number of carbonyl (C=O) groups excluding carboxylic acids is 1. The van der Waals surface area contributed by atoms with Gasteiger partial charge in [0.25, 0.3) is 11.5 Å². The summed E-state index contributed by atoms with van der Waals surface area (Å²) in [5.74, 6) is 0.0762. The number of carbonyl (C=O) groups is 1. The molecule has 4 rings (SSSR count). The highest BCUT2D eigenvalue weighted by Crippen LogP contribution is 2.29. The van der Waals surface area contributed by atoms with E-state index in [0.29, 0.717) is 18.1 Å². The van der Waals surface area contributed by atoms with Crippen LogP contribution in [0, 0.1) is 6.92 Å². The van der Waals surface area contributed by atoms with Crippen molar-refractivity contribution >= 4 is 17.2 Å². The zero-order valence-electron chi connectivity index (χ0n) is 14.5. The third-order valence-corrected chi connectivity index (χ3v) is 5.02. The number of hydrogen-bond donors (Lipinski definition) is 1. The van der Waals surface area contributed by atoms with E-state index in [2.05, 4.69) is 20.1 Å². The molecule has 0 spiro atoms. The number of hydrogen-bond acceptors (Lipinski definition) is 6. The van der Waals surface area contributed by atoms with E-state index in [0.717, 1.165) is 23.4 Å². The monoisotopic (exact) mass is 370 g/mol. The van der Waals surface area contributed by atoms with Crippen molar-refractivity contribution in [3.63, 3.8) is 0 Å². The van der Waals surface area contributed by atoms with Crippen LogP contribution in [0.2, 0.25) is 0 Å². The van der Waals surface area contributed by atoms with Gasteiger partial charge in [0.1, 0.15) is 11.3 Å². The van der Waals surface area contributed by atoms with Gasteiger partial charge in [0.15, 0.2) is 5.82 Å². The molecule has 0 aliphatic heterocycles. The molecule has 134 valence electrons. The fourth-order valence-corrected chi connectivity index (χ4v) is 3.41. The lowest BCUT2D eigenvalue weighted by Crippen LogP contribution is -2.36. The lowest BCUT2D eigenvalue weighted by Gasteiger charge is -2.21. The molecule has 1 aliphatic carbocycles. The average molecular weight is 370 g/mol. The first-order chi connectivity index (χ1) is 12.5. The van der Waals surface area contributed by atoms with Gasteiger partial charge in [0.2, 0.25) is 0 Å². The summed E-state index contributed by atoms with van der Waals surface area (Å²) in [7, 11) is 1.83. The normalized spacial score (nSPS) is 13.8. The van der Waals surface area contributed by atoms with Gasteiger partial charge in [-0.1, -0.05) is 0 Å². The van der Waals surface area contributed by atoms with Crippen molar-refractivity contribution in [1.29, 1.82) is 0 Å². The standard InChI is InChI=1S/C17H18N6O2S/c1-10-20-14(9-26-10)15-18-6-13(16(24)21-15)17(25)23(12-3-4-12)8-11-5-19-22(2)7-11/h5-7,9,12H,3-4,8H2,1-2H3,(H,18,21,24). The fourth-order valence-electron chi connectivity index (χ4n) is 2.81. The smallest absolute Gasteiger partial charge is 0.264 e. The van der Waals surface area contributed by atoms with Gasteiger partial charge in [-0.25, -0.2) is 9.97 Å². The Morgan fingerprint density at radius 1 is 1.42 bits per heavy atom. The summed E-state index contributed by atoms with van der Waals surface area (Å²) in [6, 6.07) is 0.169. The van der Waals surface area contributed by atoms with Crippen molar-refractivity contribution in [2.24, 2.45) is 7.05 Å². The van der Waals surface area contributed by atoms with E-state index in [1.54, 1.807) is 15.8 Å². The molecule has 3 aromatic rings. The highest BCUT2D eigenvalue weighted by atomic mass is 32.1. The van der Waals surface area contributed by atoms with Crippen LogP contribution in [0.25, 0.3) is 11.5 Å². The van der Waals surface area contributed by atoms with Gasteiger partial charge in [0.05, 0.1) is 11.2 Å². The van der Waals surface area contributed by atoms with Crippen molar-refractivity contribution < 1.29 is 4.79 Å². The van der Waals surface area contributed by atoms with Gasteiger partial charge in [-0.2, -0.15) is 5.10 Å². The number of nitrogens with one attached hydrogen (secondary N) is 1. The third-order valence-electron chi connectivity index (χ3n) is 4.25. The number of thiazole rings is 1. The van der Waals surface area contributed by atoms with Crippen molar-refractivity contribution in [2.45, 2.75) is 32.4 Å². The maximum atomic E-state index is 12.9. The van der Waals surface area contributed by atoms with Crippen LogP contribution in [0.4, 0.5) is 0 Å². The number of H-pyrrole nitrogens is 1. The first-order valence-corrected chi connectivity index (χ1v) is 9.19. The Bertz CT molecular complexity index is 1020. The van der Waals surface area contributed by atoms with Crippen LogP contribution in [0.5, 0.6) is 0 Å². The van der Waals surface area contributed by atoms with Gasteiger partial charge in [0, 0.05) is 43.0 Å². The molecule has 3 aromatic heterocycles. The van der Waals surface area contributed by atoms with Gasteiger partial charge >= 0.3 is 0 Å². The molecule has 0 unspecified atom stereocenters. The molecule has 1 amide bonds. The Morgan fingerprint density at radius 2 is 2.23 bits per heavy atom. The van der Waals surface area contributed by atoms with Crippen molar-refractivity contribution in [3.8, 4) is 11.5 Å². The highest BCUT2D eigenvalue weighted by molar-refractivity contribution is 7.09. The molecular weight excluding hydrogens is 352 g/mol. The van der Waals surface area contributed by atoms with Crippen LogP contribution < -0.4 is 5.56 Å². The van der Waals surface area contributed by atoms with Crippen LogP contribution in [0.1, 0.15) is 33.8 Å². The van der Waals surface area contributed by atoms with Crippen LogP contribution >= 0.6 is 11.3 Å². The molecule has 1 saturated carbocycles. The van der Waals surface area contributed by atoms with Crippen LogP contribution in [-0.2, 0) is 13.6 Å². The summed E-state index contributed by atoms with van der Waals surface area (Å²) >= 11 is 1.48. The second-order valence-corrected chi connectivity index (χ2v) is 7.48. The van der Waals surface area contributed by atoms with Crippen molar-refractivity contribution in [2.75, 3.05) is 0 Å². The molecule has 9 heteroatoms. The van der Waals surface area contributed by atoms with E-state index in [9.17, 15) is 9.59 Å². The molecule has 0 aromatic carbocycles.